The van der Waals surface area contributed by atoms with Crippen LogP contribution in [0.4, 0.5) is 5.69 Å². The van der Waals surface area contributed by atoms with Gasteiger partial charge < -0.3 is 15.4 Å². The minimum atomic E-state index is -0.126. The Balaban J connectivity index is 1.37. The third-order valence-corrected chi connectivity index (χ3v) is 7.26. The molecule has 0 radical (unpaired) electrons. The Hall–Kier alpha value is -2.97. The van der Waals surface area contributed by atoms with E-state index < -0.39 is 0 Å². The van der Waals surface area contributed by atoms with Gasteiger partial charge in [-0.3, -0.25) is 25.0 Å². The number of nitrogen functional groups attached to an aromatic ring is 1. The number of aromatic nitrogens is 1. The van der Waals surface area contributed by atoms with Crippen molar-refractivity contribution in [3.05, 3.63) is 59.9 Å². The van der Waals surface area contributed by atoms with E-state index in [1.54, 1.807) is 0 Å². The van der Waals surface area contributed by atoms with E-state index in [1.807, 2.05) is 31.3 Å². The first kappa shape index (κ1) is 25.1. The van der Waals surface area contributed by atoms with Crippen molar-refractivity contribution in [1.82, 2.24) is 14.8 Å². The smallest absolute Gasteiger partial charge is 0.320 e. The van der Waals surface area contributed by atoms with E-state index in [-0.39, 0.29) is 11.8 Å². The number of nitrogens with two attached hydrogens (primary N) is 1. The number of piperidine rings is 1. The Bertz CT molecular complexity index is 959. The number of hydrogen-bond acceptors (Lipinski definition) is 7. The summed E-state index contributed by atoms with van der Waals surface area (Å²) in [6.45, 7) is 8.53. The van der Waals surface area contributed by atoms with Gasteiger partial charge in [-0.25, -0.2) is 0 Å². The molecular formula is C27H38N6O2. The van der Waals surface area contributed by atoms with Crippen molar-refractivity contribution in [2.75, 3.05) is 57.3 Å². The summed E-state index contributed by atoms with van der Waals surface area (Å²) in [4.78, 5) is 24.0. The topological polar surface area (TPSA) is 98.8 Å². The average Bonchev–Trinajstić information content (AvgIpc) is 2.88. The average molecular weight is 479 g/mol. The Labute approximate surface area is 208 Å². The van der Waals surface area contributed by atoms with Gasteiger partial charge in [0, 0.05) is 68.5 Å². The number of amidine groups is 1. The summed E-state index contributed by atoms with van der Waals surface area (Å²) in [5.41, 5.74) is 8.68. The van der Waals surface area contributed by atoms with Crippen LogP contribution < -0.4 is 10.6 Å². The molecule has 0 spiro atoms. The predicted octanol–water partition coefficient (Wildman–Crippen LogP) is 2.37. The van der Waals surface area contributed by atoms with E-state index in [9.17, 15) is 4.79 Å². The highest BCUT2D eigenvalue weighted by atomic mass is 16.5. The number of esters is 1. The lowest BCUT2D eigenvalue weighted by atomic mass is 9.86. The number of benzene rings is 1. The summed E-state index contributed by atoms with van der Waals surface area (Å²) in [6, 6.07) is 14.6. The Morgan fingerprint density at radius 2 is 1.89 bits per heavy atom. The largest absolute Gasteiger partial charge is 0.465 e. The molecule has 0 aliphatic carbocycles. The minimum absolute atomic E-state index is 0.104. The molecule has 35 heavy (non-hydrogen) atoms. The number of anilines is 1. The molecule has 2 aliphatic heterocycles. The molecule has 2 fully saturated rings. The highest BCUT2D eigenvalue weighted by molar-refractivity contribution is 5.95. The number of carbonyl (C=O) groups is 1. The third kappa shape index (κ3) is 6.80. The van der Waals surface area contributed by atoms with Crippen LogP contribution in [0, 0.1) is 11.3 Å². The molecular weight excluding hydrogens is 440 g/mol. The standard InChI is InChI=1S/C27H38N6O2/c1-2-35-26(34)20-31-14-12-25(22(19-31)6-9-23-5-3-4-13-30-23)33-17-15-32(16-18-33)24-10-7-21(8-11-24)27(28)29/h3-5,7-8,10-11,13,22,25H,2,6,9,12,14-20H2,1H3,(H3,28,29). The fraction of sp³-hybridized carbons (Fsp3) is 0.519. The van der Waals surface area contributed by atoms with E-state index in [4.69, 9.17) is 15.9 Å². The molecule has 188 valence electrons. The van der Waals surface area contributed by atoms with Gasteiger partial charge >= 0.3 is 5.97 Å². The molecule has 0 amide bonds. The maximum absolute atomic E-state index is 12.1. The van der Waals surface area contributed by atoms with E-state index in [0.717, 1.165) is 69.8 Å². The molecule has 2 unspecified atom stereocenters. The van der Waals surface area contributed by atoms with Crippen molar-refractivity contribution in [3.8, 4) is 0 Å². The molecule has 0 saturated carbocycles. The molecule has 8 heteroatoms. The quantitative estimate of drug-likeness (QED) is 0.324. The summed E-state index contributed by atoms with van der Waals surface area (Å²) in [5.74, 6) is 0.466. The maximum Gasteiger partial charge on any atom is 0.320 e. The Morgan fingerprint density at radius 1 is 1.11 bits per heavy atom. The first-order chi connectivity index (χ1) is 17.0. The summed E-state index contributed by atoms with van der Waals surface area (Å²) in [5, 5.41) is 7.60. The molecule has 3 N–H and O–H groups in total. The van der Waals surface area contributed by atoms with Gasteiger partial charge in [-0.15, -0.1) is 0 Å². The lowest BCUT2D eigenvalue weighted by molar-refractivity contribution is -0.145. The minimum Gasteiger partial charge on any atom is -0.465 e. The van der Waals surface area contributed by atoms with Crippen molar-refractivity contribution in [3.63, 3.8) is 0 Å². The summed E-state index contributed by atoms with van der Waals surface area (Å²) in [6.07, 6.45) is 4.95. The second kappa shape index (κ2) is 12.1. The second-order valence-electron chi connectivity index (χ2n) is 9.50. The molecule has 4 rings (SSSR count). The van der Waals surface area contributed by atoms with Gasteiger partial charge in [-0.05, 0) is 68.5 Å². The highest BCUT2D eigenvalue weighted by Gasteiger charge is 2.35. The van der Waals surface area contributed by atoms with E-state index in [0.29, 0.717) is 25.1 Å². The number of rotatable bonds is 9. The molecule has 2 saturated heterocycles. The van der Waals surface area contributed by atoms with Gasteiger partial charge in [-0.2, -0.15) is 0 Å². The molecule has 2 aliphatic rings. The number of nitrogens with one attached hydrogen (secondary N) is 1. The lowest BCUT2D eigenvalue weighted by Gasteiger charge is -2.47. The number of hydrogen-bond donors (Lipinski definition) is 2. The van der Waals surface area contributed by atoms with Gasteiger partial charge in [0.2, 0.25) is 0 Å². The van der Waals surface area contributed by atoms with Crippen LogP contribution in [-0.2, 0) is 16.0 Å². The van der Waals surface area contributed by atoms with Gasteiger partial charge in [0.05, 0.1) is 13.2 Å². The number of likely N-dealkylation sites (tertiary alicyclic amines) is 1. The molecule has 2 aromatic rings. The zero-order valence-corrected chi connectivity index (χ0v) is 20.7. The van der Waals surface area contributed by atoms with Gasteiger partial charge in [-0.1, -0.05) is 6.07 Å². The first-order valence-corrected chi connectivity index (χ1v) is 12.7. The number of nitrogens with zero attached hydrogens (tertiary/aromatic N) is 4. The SMILES string of the molecule is CCOC(=O)CN1CCC(N2CCN(c3ccc(C(=N)N)cc3)CC2)C(CCc2ccccn2)C1. The molecule has 8 nitrogen and oxygen atoms in total. The van der Waals surface area contributed by atoms with Crippen LogP contribution in [0.15, 0.2) is 48.7 Å². The molecule has 0 bridgehead atoms. The molecule has 1 aromatic heterocycles. The van der Waals surface area contributed by atoms with Crippen LogP contribution >= 0.6 is 0 Å². The number of pyridine rings is 1. The predicted molar refractivity (Wildman–Crippen MR) is 139 cm³/mol. The van der Waals surface area contributed by atoms with Crippen LogP contribution in [0.1, 0.15) is 31.0 Å². The third-order valence-electron chi connectivity index (χ3n) is 7.26. The molecule has 1 aromatic carbocycles. The van der Waals surface area contributed by atoms with Gasteiger partial charge in [0.15, 0.2) is 0 Å². The fourth-order valence-corrected chi connectivity index (χ4v) is 5.44. The van der Waals surface area contributed by atoms with E-state index >= 15 is 0 Å². The number of ether oxygens (including phenoxy) is 1. The summed E-state index contributed by atoms with van der Waals surface area (Å²) >= 11 is 0. The van der Waals surface area contributed by atoms with Crippen molar-refractivity contribution < 1.29 is 9.53 Å². The van der Waals surface area contributed by atoms with Crippen molar-refractivity contribution in [2.24, 2.45) is 11.7 Å². The summed E-state index contributed by atoms with van der Waals surface area (Å²) < 4.78 is 5.20. The summed E-state index contributed by atoms with van der Waals surface area (Å²) in [7, 11) is 0. The van der Waals surface area contributed by atoms with Crippen molar-refractivity contribution in [2.45, 2.75) is 32.2 Å². The van der Waals surface area contributed by atoms with Crippen LogP contribution in [0.5, 0.6) is 0 Å². The van der Waals surface area contributed by atoms with Crippen molar-refractivity contribution >= 4 is 17.5 Å². The molecule has 3 heterocycles. The Morgan fingerprint density at radius 3 is 2.54 bits per heavy atom. The maximum atomic E-state index is 12.1. The monoisotopic (exact) mass is 478 g/mol. The fourth-order valence-electron chi connectivity index (χ4n) is 5.44. The van der Waals surface area contributed by atoms with Crippen LogP contribution in [0.2, 0.25) is 0 Å². The number of piperazine rings is 1. The zero-order chi connectivity index (χ0) is 24.6. The lowest BCUT2D eigenvalue weighted by Crippen LogP contribution is -2.57. The van der Waals surface area contributed by atoms with Gasteiger partial charge in [0.25, 0.3) is 0 Å². The van der Waals surface area contributed by atoms with Crippen molar-refractivity contribution in [1.29, 1.82) is 5.41 Å². The molecule has 2 atom stereocenters. The van der Waals surface area contributed by atoms with Crippen LogP contribution in [-0.4, -0.2) is 85.1 Å². The van der Waals surface area contributed by atoms with E-state index in [2.05, 4.69) is 43.9 Å². The second-order valence-corrected chi connectivity index (χ2v) is 9.50. The number of aryl methyl sites for hydroxylation is 1. The van der Waals surface area contributed by atoms with Crippen LogP contribution in [0.25, 0.3) is 0 Å². The highest BCUT2D eigenvalue weighted by Crippen LogP contribution is 2.28. The zero-order valence-electron chi connectivity index (χ0n) is 20.7. The first-order valence-electron chi connectivity index (χ1n) is 12.7. The Kier molecular flexibility index (Phi) is 8.71. The van der Waals surface area contributed by atoms with Crippen LogP contribution in [0.3, 0.4) is 0 Å². The van der Waals surface area contributed by atoms with E-state index in [1.165, 1.54) is 5.69 Å². The normalized spacial score (nSPS) is 21.6. The van der Waals surface area contributed by atoms with Gasteiger partial charge in [0.1, 0.15) is 5.84 Å². The number of carbonyl (C=O) groups excluding carboxylic acids is 1.